The van der Waals surface area contributed by atoms with Gasteiger partial charge in [-0.05, 0) is 18.2 Å². The van der Waals surface area contributed by atoms with Gasteiger partial charge in [-0.2, -0.15) is 18.3 Å². The van der Waals surface area contributed by atoms with E-state index in [9.17, 15) is 22.0 Å². The molecule has 0 saturated heterocycles. The van der Waals surface area contributed by atoms with E-state index in [4.69, 9.17) is 5.73 Å². The average molecular weight is 314 g/mol. The minimum Gasteiger partial charge on any atom is -0.325 e. The van der Waals surface area contributed by atoms with E-state index in [1.54, 1.807) is 0 Å². The van der Waals surface area contributed by atoms with Crippen molar-refractivity contribution in [2.75, 3.05) is 0 Å². The molecule has 0 unspecified atom stereocenters. The Morgan fingerprint density at radius 2 is 1.75 bits per heavy atom. The molecule has 2 rings (SSSR count). The molecule has 0 aliphatic rings. The summed E-state index contributed by atoms with van der Waals surface area (Å²) in [6.07, 6.45) is -4.63. The SMILES string of the molecule is Cl.NCc1cc(C(F)(F)F)nn1-c1ccc(F)c(F)c1. The Morgan fingerprint density at radius 1 is 1.10 bits per heavy atom. The lowest BCUT2D eigenvalue weighted by molar-refractivity contribution is -0.141. The number of nitrogens with two attached hydrogens (primary N) is 1. The predicted octanol–water partition coefficient (Wildman–Crippen LogP) is 3.05. The summed E-state index contributed by atoms with van der Waals surface area (Å²) in [5, 5.41) is 3.32. The van der Waals surface area contributed by atoms with Crippen molar-refractivity contribution in [1.82, 2.24) is 9.78 Å². The second-order valence-electron chi connectivity index (χ2n) is 3.73. The van der Waals surface area contributed by atoms with Gasteiger partial charge >= 0.3 is 6.18 Å². The van der Waals surface area contributed by atoms with Gasteiger partial charge in [0.15, 0.2) is 17.3 Å². The predicted molar refractivity (Wildman–Crippen MR) is 63.6 cm³/mol. The molecular formula is C11H9ClF5N3. The van der Waals surface area contributed by atoms with E-state index < -0.39 is 23.5 Å². The Morgan fingerprint density at radius 3 is 2.25 bits per heavy atom. The number of hydrogen-bond acceptors (Lipinski definition) is 2. The van der Waals surface area contributed by atoms with Crippen LogP contribution in [0.2, 0.25) is 0 Å². The van der Waals surface area contributed by atoms with Crippen molar-refractivity contribution in [3.05, 3.63) is 47.3 Å². The van der Waals surface area contributed by atoms with Crippen molar-refractivity contribution >= 4 is 12.4 Å². The van der Waals surface area contributed by atoms with E-state index in [-0.39, 0.29) is 30.3 Å². The molecule has 110 valence electrons. The molecule has 1 aromatic carbocycles. The van der Waals surface area contributed by atoms with Crippen molar-refractivity contribution in [2.45, 2.75) is 12.7 Å². The third-order valence-corrected chi connectivity index (χ3v) is 2.43. The first-order valence-electron chi connectivity index (χ1n) is 5.14. The number of hydrogen-bond donors (Lipinski definition) is 1. The fourth-order valence-corrected chi connectivity index (χ4v) is 1.54. The van der Waals surface area contributed by atoms with E-state index in [0.717, 1.165) is 28.9 Å². The first-order chi connectivity index (χ1) is 8.82. The van der Waals surface area contributed by atoms with Gasteiger partial charge in [0.25, 0.3) is 0 Å². The minimum absolute atomic E-state index is 0. The Kier molecular flexibility index (Phi) is 4.72. The molecule has 9 heteroatoms. The highest BCUT2D eigenvalue weighted by Crippen LogP contribution is 2.29. The molecule has 0 saturated carbocycles. The van der Waals surface area contributed by atoms with Gasteiger partial charge in [-0.1, -0.05) is 0 Å². The van der Waals surface area contributed by atoms with Crippen molar-refractivity contribution in [1.29, 1.82) is 0 Å². The number of rotatable bonds is 2. The van der Waals surface area contributed by atoms with Crippen LogP contribution in [0.25, 0.3) is 5.69 Å². The van der Waals surface area contributed by atoms with Crippen molar-refractivity contribution < 1.29 is 22.0 Å². The number of halogens is 6. The third kappa shape index (κ3) is 3.07. The van der Waals surface area contributed by atoms with Gasteiger partial charge in [-0.15, -0.1) is 12.4 Å². The van der Waals surface area contributed by atoms with E-state index in [2.05, 4.69) is 5.10 Å². The largest absolute Gasteiger partial charge is 0.435 e. The van der Waals surface area contributed by atoms with Gasteiger partial charge in [0.1, 0.15) is 0 Å². The van der Waals surface area contributed by atoms with Crippen molar-refractivity contribution in [3.8, 4) is 5.69 Å². The van der Waals surface area contributed by atoms with Gasteiger partial charge in [0.2, 0.25) is 0 Å². The lowest BCUT2D eigenvalue weighted by atomic mass is 10.3. The topological polar surface area (TPSA) is 43.8 Å². The van der Waals surface area contributed by atoms with Crippen molar-refractivity contribution in [3.63, 3.8) is 0 Å². The zero-order valence-electron chi connectivity index (χ0n) is 9.79. The molecule has 0 bridgehead atoms. The summed E-state index contributed by atoms with van der Waals surface area (Å²) in [4.78, 5) is 0. The summed E-state index contributed by atoms with van der Waals surface area (Å²) in [6, 6.07) is 3.44. The lowest BCUT2D eigenvalue weighted by Gasteiger charge is -2.06. The highest BCUT2D eigenvalue weighted by Gasteiger charge is 2.34. The molecule has 0 radical (unpaired) electrons. The molecule has 0 aliphatic carbocycles. The highest BCUT2D eigenvalue weighted by molar-refractivity contribution is 5.85. The Balaban J connectivity index is 0.00000200. The van der Waals surface area contributed by atoms with Gasteiger partial charge in [-0.3, -0.25) is 0 Å². The molecule has 0 amide bonds. The van der Waals surface area contributed by atoms with Crippen LogP contribution >= 0.6 is 12.4 Å². The molecule has 0 fully saturated rings. The molecule has 0 spiro atoms. The second kappa shape index (κ2) is 5.76. The van der Waals surface area contributed by atoms with Crippen LogP contribution < -0.4 is 5.73 Å². The van der Waals surface area contributed by atoms with E-state index in [0.29, 0.717) is 0 Å². The summed E-state index contributed by atoms with van der Waals surface area (Å²) in [6.45, 7) is -0.220. The maximum atomic E-state index is 13.1. The van der Waals surface area contributed by atoms with Crippen LogP contribution in [0, 0.1) is 11.6 Å². The second-order valence-corrected chi connectivity index (χ2v) is 3.73. The number of aromatic nitrogens is 2. The summed E-state index contributed by atoms with van der Waals surface area (Å²) in [5.41, 5.74) is 4.18. The monoisotopic (exact) mass is 313 g/mol. The minimum atomic E-state index is -4.63. The Bertz CT molecular complexity index is 609. The fourth-order valence-electron chi connectivity index (χ4n) is 1.54. The normalized spacial score (nSPS) is 11.3. The van der Waals surface area contributed by atoms with Crippen LogP contribution in [-0.4, -0.2) is 9.78 Å². The molecule has 0 atom stereocenters. The quantitative estimate of drug-likeness (QED) is 0.866. The van der Waals surface area contributed by atoms with Gasteiger partial charge < -0.3 is 5.73 Å². The van der Waals surface area contributed by atoms with Crippen LogP contribution in [-0.2, 0) is 12.7 Å². The van der Waals surface area contributed by atoms with Gasteiger partial charge in [0, 0.05) is 12.6 Å². The van der Waals surface area contributed by atoms with Crippen LogP contribution in [0.4, 0.5) is 22.0 Å². The number of alkyl halides is 3. The van der Waals surface area contributed by atoms with E-state index in [1.807, 2.05) is 0 Å². The molecule has 1 aromatic heterocycles. The van der Waals surface area contributed by atoms with Crippen LogP contribution in [0.5, 0.6) is 0 Å². The first kappa shape index (κ1) is 16.4. The highest BCUT2D eigenvalue weighted by atomic mass is 35.5. The first-order valence-corrected chi connectivity index (χ1v) is 5.14. The average Bonchev–Trinajstić information content (AvgIpc) is 2.76. The summed E-state index contributed by atoms with van der Waals surface area (Å²) < 4.78 is 64.3. The van der Waals surface area contributed by atoms with Crippen molar-refractivity contribution in [2.24, 2.45) is 5.73 Å². The summed E-state index contributed by atoms with van der Waals surface area (Å²) >= 11 is 0. The third-order valence-electron chi connectivity index (χ3n) is 2.43. The zero-order valence-corrected chi connectivity index (χ0v) is 10.6. The summed E-state index contributed by atoms with van der Waals surface area (Å²) in [7, 11) is 0. The zero-order chi connectivity index (χ0) is 14.2. The van der Waals surface area contributed by atoms with E-state index in [1.165, 1.54) is 0 Å². The molecule has 2 aromatic rings. The standard InChI is InChI=1S/C11H8F5N3.ClH/c12-8-2-1-6(3-9(8)13)19-7(5-17)4-10(18-19)11(14,15)16;/h1-4H,5,17H2;1H. The molecule has 0 aliphatic heterocycles. The summed E-state index contributed by atoms with van der Waals surface area (Å²) in [5.74, 6) is -2.27. The number of nitrogens with zero attached hydrogens (tertiary/aromatic N) is 2. The lowest BCUT2D eigenvalue weighted by Crippen LogP contribution is -2.09. The fraction of sp³-hybridized carbons (Fsp3) is 0.182. The molecular weight excluding hydrogens is 305 g/mol. The number of benzene rings is 1. The van der Waals surface area contributed by atoms with Crippen LogP contribution in [0.1, 0.15) is 11.4 Å². The maximum absolute atomic E-state index is 13.1. The molecule has 3 nitrogen and oxygen atoms in total. The Labute approximate surface area is 116 Å². The van der Waals surface area contributed by atoms with Crippen LogP contribution in [0.15, 0.2) is 24.3 Å². The van der Waals surface area contributed by atoms with Gasteiger partial charge in [-0.25, -0.2) is 13.5 Å². The smallest absolute Gasteiger partial charge is 0.325 e. The molecule has 20 heavy (non-hydrogen) atoms. The Hall–Kier alpha value is -1.67. The molecule has 2 N–H and O–H groups in total. The maximum Gasteiger partial charge on any atom is 0.435 e. The van der Waals surface area contributed by atoms with Crippen LogP contribution in [0.3, 0.4) is 0 Å². The molecule has 1 heterocycles. The van der Waals surface area contributed by atoms with E-state index >= 15 is 0 Å². The van der Waals surface area contributed by atoms with Gasteiger partial charge in [0.05, 0.1) is 11.4 Å².